The number of rotatable bonds is 3. The van der Waals surface area contributed by atoms with E-state index in [0.29, 0.717) is 18.1 Å². The Morgan fingerprint density at radius 2 is 2.06 bits per heavy atom. The predicted octanol–water partition coefficient (Wildman–Crippen LogP) is 3.59. The van der Waals surface area contributed by atoms with Crippen molar-refractivity contribution >= 4 is 11.5 Å². The van der Waals surface area contributed by atoms with Crippen LogP contribution in [0.1, 0.15) is 45.1 Å². The summed E-state index contributed by atoms with van der Waals surface area (Å²) in [5, 5.41) is 3.40. The Morgan fingerprint density at radius 1 is 1.35 bits per heavy atom. The van der Waals surface area contributed by atoms with Crippen molar-refractivity contribution in [1.82, 2.24) is 0 Å². The second-order valence-corrected chi connectivity index (χ2v) is 5.88. The Bertz CT molecular complexity index is 417. The minimum Gasteiger partial charge on any atom is -0.384 e. The molecule has 1 unspecified atom stereocenters. The van der Waals surface area contributed by atoms with Gasteiger partial charge in [0.25, 0.3) is 0 Å². The lowest BCUT2D eigenvalue weighted by Crippen LogP contribution is -2.20. The summed E-state index contributed by atoms with van der Waals surface area (Å²) in [7, 11) is 0. The molecule has 0 saturated carbocycles. The van der Waals surface area contributed by atoms with E-state index in [0.717, 1.165) is 13.0 Å². The van der Waals surface area contributed by atoms with Crippen LogP contribution in [0.4, 0.5) is 5.69 Å². The number of carbonyl (C=O) groups excluding carboxylic acids is 1. The number of fused-ring (bicyclic) bond motifs is 1. The molecule has 1 N–H and O–H groups in total. The standard InChI is InChI=1S/C15H21NO/c1-15(2,3)14(17)9-8-11-10-16-13-7-5-4-6-12(11)13/h4-7,11,16H,8-10H2,1-3H3. The van der Waals surface area contributed by atoms with Crippen molar-refractivity contribution in [3.8, 4) is 0 Å². The van der Waals surface area contributed by atoms with Crippen LogP contribution in [0.5, 0.6) is 0 Å². The molecule has 1 aliphatic rings. The molecule has 0 saturated heterocycles. The number of Topliss-reactive ketones (excluding diaryl/α,β-unsaturated/α-hetero) is 1. The van der Waals surface area contributed by atoms with Gasteiger partial charge in [0.05, 0.1) is 0 Å². The van der Waals surface area contributed by atoms with Gasteiger partial charge < -0.3 is 5.32 Å². The summed E-state index contributed by atoms with van der Waals surface area (Å²) in [5.74, 6) is 0.861. The van der Waals surface area contributed by atoms with Crippen molar-refractivity contribution in [3.05, 3.63) is 29.8 Å². The van der Waals surface area contributed by atoms with E-state index in [1.807, 2.05) is 20.8 Å². The molecule has 17 heavy (non-hydrogen) atoms. The van der Waals surface area contributed by atoms with Crippen molar-refractivity contribution in [3.63, 3.8) is 0 Å². The summed E-state index contributed by atoms with van der Waals surface area (Å²) in [6.45, 7) is 6.96. The third-order valence-electron chi connectivity index (χ3n) is 3.50. The molecule has 0 aromatic heterocycles. The fourth-order valence-corrected chi connectivity index (χ4v) is 2.29. The summed E-state index contributed by atoms with van der Waals surface area (Å²) >= 11 is 0. The van der Waals surface area contributed by atoms with Crippen molar-refractivity contribution in [1.29, 1.82) is 0 Å². The molecule has 0 fully saturated rings. The Balaban J connectivity index is 1.97. The van der Waals surface area contributed by atoms with Gasteiger partial charge in [-0.1, -0.05) is 39.0 Å². The van der Waals surface area contributed by atoms with Gasteiger partial charge in [-0.3, -0.25) is 4.79 Å². The molecule has 0 spiro atoms. The molecule has 1 atom stereocenters. The fourth-order valence-electron chi connectivity index (χ4n) is 2.29. The van der Waals surface area contributed by atoms with E-state index in [-0.39, 0.29) is 5.41 Å². The highest BCUT2D eigenvalue weighted by atomic mass is 16.1. The molecule has 2 nitrogen and oxygen atoms in total. The molecule has 92 valence electrons. The fraction of sp³-hybridized carbons (Fsp3) is 0.533. The molecule has 0 radical (unpaired) electrons. The first-order valence-electron chi connectivity index (χ1n) is 6.34. The first kappa shape index (κ1) is 12.2. The zero-order valence-electron chi connectivity index (χ0n) is 10.9. The van der Waals surface area contributed by atoms with Gasteiger partial charge in [-0.05, 0) is 18.1 Å². The first-order valence-corrected chi connectivity index (χ1v) is 6.34. The van der Waals surface area contributed by atoms with E-state index in [9.17, 15) is 4.79 Å². The second kappa shape index (κ2) is 4.52. The number of anilines is 1. The highest BCUT2D eigenvalue weighted by molar-refractivity contribution is 5.83. The normalized spacial score (nSPS) is 18.6. The van der Waals surface area contributed by atoms with Crippen molar-refractivity contribution in [2.45, 2.75) is 39.5 Å². The molecule has 0 aliphatic carbocycles. The molecule has 2 heteroatoms. The van der Waals surface area contributed by atoms with Crippen molar-refractivity contribution in [2.24, 2.45) is 5.41 Å². The Morgan fingerprint density at radius 3 is 2.76 bits per heavy atom. The molecule has 0 bridgehead atoms. The molecule has 1 aromatic rings. The van der Waals surface area contributed by atoms with E-state index in [1.165, 1.54) is 11.3 Å². The number of carbonyl (C=O) groups is 1. The van der Waals surface area contributed by atoms with Crippen molar-refractivity contribution in [2.75, 3.05) is 11.9 Å². The van der Waals surface area contributed by atoms with E-state index < -0.39 is 0 Å². The van der Waals surface area contributed by atoms with Crippen LogP contribution in [0.2, 0.25) is 0 Å². The summed E-state index contributed by atoms with van der Waals surface area (Å²) in [5.41, 5.74) is 2.40. The highest BCUT2D eigenvalue weighted by Gasteiger charge is 2.25. The van der Waals surface area contributed by atoms with Crippen LogP contribution in [-0.4, -0.2) is 12.3 Å². The topological polar surface area (TPSA) is 29.1 Å². The number of para-hydroxylation sites is 1. The molecular formula is C15H21NO. The zero-order chi connectivity index (χ0) is 12.5. The molecule has 0 amide bonds. The van der Waals surface area contributed by atoms with Crippen LogP contribution >= 0.6 is 0 Å². The van der Waals surface area contributed by atoms with Gasteiger partial charge in [0.1, 0.15) is 5.78 Å². The molecule has 2 rings (SSSR count). The van der Waals surface area contributed by atoms with E-state index in [4.69, 9.17) is 0 Å². The first-order chi connectivity index (χ1) is 7.98. The van der Waals surface area contributed by atoms with Gasteiger partial charge in [-0.15, -0.1) is 0 Å². The SMILES string of the molecule is CC(C)(C)C(=O)CCC1CNc2ccccc21. The van der Waals surface area contributed by atoms with E-state index in [1.54, 1.807) is 0 Å². The van der Waals surface area contributed by atoms with Crippen molar-refractivity contribution < 1.29 is 4.79 Å². The minimum absolute atomic E-state index is 0.203. The van der Waals surface area contributed by atoms with Crippen LogP contribution in [0.25, 0.3) is 0 Å². The number of hydrogen-bond donors (Lipinski definition) is 1. The third-order valence-corrected chi connectivity index (χ3v) is 3.50. The number of ketones is 1. The summed E-state index contributed by atoms with van der Waals surface area (Å²) in [6, 6.07) is 8.40. The van der Waals surface area contributed by atoms with Gasteiger partial charge in [0, 0.05) is 30.0 Å². The lowest BCUT2D eigenvalue weighted by Gasteiger charge is -2.18. The third kappa shape index (κ3) is 2.68. The zero-order valence-corrected chi connectivity index (χ0v) is 10.9. The number of nitrogens with one attached hydrogen (secondary N) is 1. The highest BCUT2D eigenvalue weighted by Crippen LogP contribution is 2.34. The average Bonchev–Trinajstić information content (AvgIpc) is 2.68. The van der Waals surface area contributed by atoms with Gasteiger partial charge in [-0.25, -0.2) is 0 Å². The van der Waals surface area contributed by atoms with Gasteiger partial charge in [0.2, 0.25) is 0 Å². The Kier molecular flexibility index (Phi) is 3.23. The van der Waals surface area contributed by atoms with Gasteiger partial charge in [0.15, 0.2) is 0 Å². The lowest BCUT2D eigenvalue weighted by molar-refractivity contribution is -0.126. The van der Waals surface area contributed by atoms with Crippen LogP contribution in [0, 0.1) is 5.41 Å². The maximum absolute atomic E-state index is 11.9. The van der Waals surface area contributed by atoms with Gasteiger partial charge >= 0.3 is 0 Å². The summed E-state index contributed by atoms with van der Waals surface area (Å²) < 4.78 is 0. The average molecular weight is 231 g/mol. The molecular weight excluding hydrogens is 210 g/mol. The molecule has 1 heterocycles. The Hall–Kier alpha value is -1.31. The predicted molar refractivity (Wildman–Crippen MR) is 71.4 cm³/mol. The van der Waals surface area contributed by atoms with Gasteiger partial charge in [-0.2, -0.15) is 0 Å². The molecule has 1 aromatic carbocycles. The maximum Gasteiger partial charge on any atom is 0.138 e. The van der Waals surface area contributed by atoms with E-state index in [2.05, 4.69) is 29.6 Å². The maximum atomic E-state index is 11.9. The largest absolute Gasteiger partial charge is 0.384 e. The van der Waals surface area contributed by atoms with Crippen LogP contribution in [0.3, 0.4) is 0 Å². The van der Waals surface area contributed by atoms with Crippen LogP contribution in [-0.2, 0) is 4.79 Å². The second-order valence-electron chi connectivity index (χ2n) is 5.88. The number of hydrogen-bond acceptors (Lipinski definition) is 2. The summed E-state index contributed by atoms with van der Waals surface area (Å²) in [4.78, 5) is 11.9. The molecule has 1 aliphatic heterocycles. The minimum atomic E-state index is -0.203. The number of benzene rings is 1. The van der Waals surface area contributed by atoms with E-state index >= 15 is 0 Å². The van der Waals surface area contributed by atoms with Crippen LogP contribution in [0.15, 0.2) is 24.3 Å². The smallest absolute Gasteiger partial charge is 0.138 e. The Labute approximate surface area is 103 Å². The summed E-state index contributed by atoms with van der Waals surface area (Å²) in [6.07, 6.45) is 1.64. The van der Waals surface area contributed by atoms with Crippen LogP contribution < -0.4 is 5.32 Å². The monoisotopic (exact) mass is 231 g/mol. The quantitative estimate of drug-likeness (QED) is 0.861. The lowest BCUT2D eigenvalue weighted by atomic mass is 9.85.